The van der Waals surface area contributed by atoms with Gasteiger partial charge in [-0.05, 0) is 25.7 Å². The van der Waals surface area contributed by atoms with Gasteiger partial charge in [0.15, 0.2) is 12.2 Å². The summed E-state index contributed by atoms with van der Waals surface area (Å²) in [4.78, 5) is 45.7. The Labute approximate surface area is 140 Å². The van der Waals surface area contributed by atoms with Gasteiger partial charge in [0.05, 0.1) is 0 Å². The fourth-order valence-corrected chi connectivity index (χ4v) is 2.79. The van der Waals surface area contributed by atoms with Crippen molar-refractivity contribution in [2.24, 2.45) is 0 Å². The Hall–Kier alpha value is -2.12. The maximum absolute atomic E-state index is 11.5. The number of hydrogen-bond donors (Lipinski definition) is 0. The van der Waals surface area contributed by atoms with Crippen LogP contribution in [0.5, 0.6) is 0 Å². The molecule has 1 aliphatic carbocycles. The highest BCUT2D eigenvalue weighted by Crippen LogP contribution is 2.28. The second-order valence-corrected chi connectivity index (χ2v) is 5.73. The van der Waals surface area contributed by atoms with Crippen molar-refractivity contribution in [3.8, 4) is 0 Å². The largest absolute Gasteiger partial charge is 0.458 e. The average molecular weight is 344 g/mol. The molecule has 0 N–H and O–H groups in total. The number of rotatable bonds is 4. The minimum Gasteiger partial charge on any atom is -0.458 e. The second-order valence-electron chi connectivity index (χ2n) is 5.73. The number of carbonyl (C=O) groups excluding carboxylic acids is 4. The van der Waals surface area contributed by atoms with E-state index in [1.807, 2.05) is 0 Å². The minimum absolute atomic E-state index is 0.447. The first-order valence-corrected chi connectivity index (χ1v) is 7.89. The second kappa shape index (κ2) is 9.24. The lowest BCUT2D eigenvalue weighted by molar-refractivity contribution is -0.201. The number of ether oxygens (including phenoxy) is 4. The number of carbonyl (C=O) groups is 4. The van der Waals surface area contributed by atoms with Gasteiger partial charge in [0.1, 0.15) is 12.2 Å². The number of esters is 4. The molecule has 1 fully saturated rings. The summed E-state index contributed by atoms with van der Waals surface area (Å²) in [6.45, 7) is 4.90. The monoisotopic (exact) mass is 344 g/mol. The van der Waals surface area contributed by atoms with E-state index in [2.05, 4.69) is 0 Å². The minimum atomic E-state index is -1.04. The molecule has 0 heterocycles. The zero-order chi connectivity index (χ0) is 18.3. The topological polar surface area (TPSA) is 105 Å². The molecule has 1 saturated carbocycles. The molecule has 0 saturated heterocycles. The molecule has 0 bridgehead atoms. The highest BCUT2D eigenvalue weighted by Gasteiger charge is 2.43. The molecule has 0 aliphatic heterocycles. The molecule has 1 aliphatic rings. The molecule has 0 aromatic carbocycles. The van der Waals surface area contributed by atoms with Crippen LogP contribution in [0, 0.1) is 0 Å². The van der Waals surface area contributed by atoms with Crippen molar-refractivity contribution in [3.63, 3.8) is 0 Å². The zero-order valence-electron chi connectivity index (χ0n) is 14.4. The van der Waals surface area contributed by atoms with Crippen LogP contribution in [0.3, 0.4) is 0 Å². The first kappa shape index (κ1) is 19.9. The predicted octanol–water partition coefficient (Wildman–Crippen LogP) is 1.29. The van der Waals surface area contributed by atoms with Gasteiger partial charge in [-0.1, -0.05) is 0 Å². The lowest BCUT2D eigenvalue weighted by atomic mass is 9.91. The standard InChI is InChI=1S/C16H24O8/c1-9(17)21-13-7-5-6-8-14(22-10(2)18)16(24-12(4)20)15(13)23-11(3)19/h13-16H,5-8H2,1-4H3/t13-,14+,15-,16-/m1/s1. The van der Waals surface area contributed by atoms with E-state index >= 15 is 0 Å². The maximum Gasteiger partial charge on any atom is 0.303 e. The van der Waals surface area contributed by atoms with Crippen LogP contribution in [0.1, 0.15) is 53.4 Å². The zero-order valence-corrected chi connectivity index (χ0v) is 14.4. The van der Waals surface area contributed by atoms with E-state index in [0.29, 0.717) is 25.7 Å². The molecule has 0 unspecified atom stereocenters. The fourth-order valence-electron chi connectivity index (χ4n) is 2.79. The van der Waals surface area contributed by atoms with Crippen molar-refractivity contribution >= 4 is 23.9 Å². The van der Waals surface area contributed by atoms with Crippen LogP contribution in [-0.2, 0) is 38.1 Å². The van der Waals surface area contributed by atoms with Gasteiger partial charge in [-0.3, -0.25) is 19.2 Å². The van der Waals surface area contributed by atoms with Gasteiger partial charge in [0, 0.05) is 27.7 Å². The Balaban J connectivity index is 3.19. The molecule has 24 heavy (non-hydrogen) atoms. The predicted molar refractivity (Wildman–Crippen MR) is 80.7 cm³/mol. The molecule has 0 aromatic heterocycles. The van der Waals surface area contributed by atoms with Gasteiger partial charge < -0.3 is 18.9 Å². The summed E-state index contributed by atoms with van der Waals surface area (Å²) < 4.78 is 21.1. The molecule has 0 amide bonds. The molecule has 8 heteroatoms. The van der Waals surface area contributed by atoms with Crippen molar-refractivity contribution in [1.29, 1.82) is 0 Å². The molecular formula is C16H24O8. The molecule has 136 valence electrons. The fraction of sp³-hybridized carbons (Fsp3) is 0.750. The summed E-state index contributed by atoms with van der Waals surface area (Å²) in [6, 6.07) is 0. The third-order valence-corrected chi connectivity index (χ3v) is 3.52. The van der Waals surface area contributed by atoms with Gasteiger partial charge in [-0.2, -0.15) is 0 Å². The van der Waals surface area contributed by atoms with Gasteiger partial charge in [-0.25, -0.2) is 0 Å². The molecule has 0 aromatic rings. The van der Waals surface area contributed by atoms with E-state index in [1.165, 1.54) is 27.7 Å². The van der Waals surface area contributed by atoms with E-state index in [-0.39, 0.29) is 0 Å². The average Bonchev–Trinajstić information content (AvgIpc) is 2.42. The first-order chi connectivity index (χ1) is 11.2. The Morgan fingerprint density at radius 1 is 0.583 bits per heavy atom. The van der Waals surface area contributed by atoms with Gasteiger partial charge in [0.25, 0.3) is 0 Å². The van der Waals surface area contributed by atoms with Crippen LogP contribution in [0.2, 0.25) is 0 Å². The van der Waals surface area contributed by atoms with Crippen LogP contribution < -0.4 is 0 Å². The summed E-state index contributed by atoms with van der Waals surface area (Å²) >= 11 is 0. The van der Waals surface area contributed by atoms with Crippen LogP contribution in [0.25, 0.3) is 0 Å². The quantitative estimate of drug-likeness (QED) is 0.555. The van der Waals surface area contributed by atoms with Gasteiger partial charge in [-0.15, -0.1) is 0 Å². The summed E-state index contributed by atoms with van der Waals surface area (Å²) in [5.74, 6) is -2.31. The Morgan fingerprint density at radius 2 is 0.875 bits per heavy atom. The Morgan fingerprint density at radius 3 is 1.12 bits per heavy atom. The third kappa shape index (κ3) is 6.55. The Kier molecular flexibility index (Phi) is 7.67. The van der Waals surface area contributed by atoms with E-state index in [4.69, 9.17) is 18.9 Å². The molecule has 1 rings (SSSR count). The maximum atomic E-state index is 11.5. The molecule has 0 radical (unpaired) electrons. The van der Waals surface area contributed by atoms with Crippen molar-refractivity contribution in [2.45, 2.75) is 77.8 Å². The summed E-state index contributed by atoms with van der Waals surface area (Å²) in [5.41, 5.74) is 0. The highest BCUT2D eigenvalue weighted by atomic mass is 16.6. The highest BCUT2D eigenvalue weighted by molar-refractivity contribution is 5.69. The van der Waals surface area contributed by atoms with Crippen LogP contribution in [0.4, 0.5) is 0 Å². The third-order valence-electron chi connectivity index (χ3n) is 3.52. The molecule has 4 atom stereocenters. The first-order valence-electron chi connectivity index (χ1n) is 7.89. The lowest BCUT2D eigenvalue weighted by Crippen LogP contribution is -2.52. The molecule has 8 nitrogen and oxygen atoms in total. The van der Waals surface area contributed by atoms with E-state index in [1.54, 1.807) is 0 Å². The molecule has 0 spiro atoms. The van der Waals surface area contributed by atoms with Crippen molar-refractivity contribution in [1.82, 2.24) is 0 Å². The normalized spacial score (nSPS) is 27.2. The van der Waals surface area contributed by atoms with E-state index in [0.717, 1.165) is 0 Å². The van der Waals surface area contributed by atoms with E-state index in [9.17, 15) is 19.2 Å². The number of hydrogen-bond acceptors (Lipinski definition) is 8. The summed E-state index contributed by atoms with van der Waals surface area (Å²) in [7, 11) is 0. The Bertz CT molecular complexity index is 442. The lowest BCUT2D eigenvalue weighted by Gasteiger charge is -2.37. The van der Waals surface area contributed by atoms with Crippen LogP contribution >= 0.6 is 0 Å². The summed E-state index contributed by atoms with van der Waals surface area (Å²) in [5, 5.41) is 0. The van der Waals surface area contributed by atoms with Crippen molar-refractivity contribution in [2.75, 3.05) is 0 Å². The van der Waals surface area contributed by atoms with Crippen molar-refractivity contribution < 1.29 is 38.1 Å². The van der Waals surface area contributed by atoms with Crippen molar-refractivity contribution in [3.05, 3.63) is 0 Å². The SMILES string of the molecule is CC(=O)O[C@H]1[C@H](OC(C)=O)[C@H](OC(C)=O)CCCC[C@@H]1OC(C)=O. The van der Waals surface area contributed by atoms with Crippen LogP contribution in [0.15, 0.2) is 0 Å². The molecular weight excluding hydrogens is 320 g/mol. The van der Waals surface area contributed by atoms with Crippen LogP contribution in [-0.4, -0.2) is 48.3 Å². The van der Waals surface area contributed by atoms with E-state index < -0.39 is 48.3 Å². The van der Waals surface area contributed by atoms with Gasteiger partial charge >= 0.3 is 23.9 Å². The van der Waals surface area contributed by atoms with Gasteiger partial charge in [0.2, 0.25) is 0 Å². The summed E-state index contributed by atoms with van der Waals surface area (Å²) in [6.07, 6.45) is -1.40. The smallest absolute Gasteiger partial charge is 0.303 e.